The van der Waals surface area contributed by atoms with Gasteiger partial charge in [-0.15, -0.1) is 0 Å². The summed E-state index contributed by atoms with van der Waals surface area (Å²) in [4.78, 5) is 22.9. The minimum atomic E-state index is -3.84. The average molecular weight is 360 g/mol. The Kier molecular flexibility index (Phi) is 3.85. The van der Waals surface area contributed by atoms with Gasteiger partial charge < -0.3 is 4.98 Å². The number of aromatic nitrogens is 5. The Morgan fingerprint density at radius 1 is 1.36 bits per heavy atom. The van der Waals surface area contributed by atoms with Gasteiger partial charge in [0.05, 0.1) is 18.4 Å². The number of imidazole rings is 1. The van der Waals surface area contributed by atoms with Gasteiger partial charge in [0.25, 0.3) is 15.6 Å². The van der Waals surface area contributed by atoms with Crippen LogP contribution in [0.5, 0.6) is 0 Å². The van der Waals surface area contributed by atoms with Crippen LogP contribution in [0, 0.1) is 0 Å². The molecule has 1 aliphatic rings. The fraction of sp³-hybridized carbons (Fsp3) is 0.333. The molecule has 9 nitrogen and oxygen atoms in total. The first-order chi connectivity index (χ1) is 12.0. The molecule has 1 fully saturated rings. The maximum absolute atomic E-state index is 12.5. The van der Waals surface area contributed by atoms with Crippen molar-refractivity contribution >= 4 is 15.7 Å². The number of hydrogen-bond donors (Lipinski definition) is 2. The van der Waals surface area contributed by atoms with E-state index in [1.165, 1.54) is 23.0 Å². The van der Waals surface area contributed by atoms with E-state index in [4.69, 9.17) is 0 Å². The zero-order valence-electron chi connectivity index (χ0n) is 13.2. The Morgan fingerprint density at radius 2 is 2.20 bits per heavy atom. The third kappa shape index (κ3) is 3.05. The molecule has 0 saturated heterocycles. The molecule has 3 heterocycles. The van der Waals surface area contributed by atoms with E-state index in [0.717, 1.165) is 19.3 Å². The molecule has 0 radical (unpaired) electrons. The first-order valence-corrected chi connectivity index (χ1v) is 9.40. The monoisotopic (exact) mass is 360 g/mol. The Hall–Kier alpha value is -2.59. The summed E-state index contributed by atoms with van der Waals surface area (Å²) in [5.74, 6) is 0.886. The highest BCUT2D eigenvalue weighted by Crippen LogP contribution is 2.33. The van der Waals surface area contributed by atoms with Gasteiger partial charge in [-0.05, 0) is 25.0 Å². The lowest BCUT2D eigenvalue weighted by Crippen LogP contribution is -2.27. The van der Waals surface area contributed by atoms with Crippen molar-refractivity contribution in [2.24, 2.45) is 0 Å². The lowest BCUT2D eigenvalue weighted by atomic mass is 9.85. The highest BCUT2D eigenvalue weighted by molar-refractivity contribution is 7.89. The highest BCUT2D eigenvalue weighted by Gasteiger charge is 2.23. The van der Waals surface area contributed by atoms with Gasteiger partial charge in [-0.1, -0.05) is 6.42 Å². The van der Waals surface area contributed by atoms with Crippen LogP contribution in [0.4, 0.5) is 0 Å². The molecule has 0 spiro atoms. The molecule has 0 atom stereocenters. The molecule has 1 saturated carbocycles. The van der Waals surface area contributed by atoms with E-state index < -0.39 is 10.0 Å². The SMILES string of the molecule is O=c1cc(CNS(=O)(=O)c2cnc3cccnn23)nc(C2CCC2)[nH]1. The zero-order chi connectivity index (χ0) is 17.4. The summed E-state index contributed by atoms with van der Waals surface area (Å²) in [7, 11) is -3.84. The number of rotatable bonds is 5. The normalized spacial score (nSPS) is 15.4. The van der Waals surface area contributed by atoms with Crippen LogP contribution in [-0.2, 0) is 16.6 Å². The molecule has 0 bridgehead atoms. The summed E-state index contributed by atoms with van der Waals surface area (Å²) in [5, 5.41) is 3.93. The van der Waals surface area contributed by atoms with Crippen molar-refractivity contribution in [1.82, 2.24) is 29.3 Å². The number of hydrogen-bond acceptors (Lipinski definition) is 6. The fourth-order valence-corrected chi connectivity index (χ4v) is 3.77. The first kappa shape index (κ1) is 15.9. The van der Waals surface area contributed by atoms with Gasteiger partial charge in [0.15, 0.2) is 10.7 Å². The van der Waals surface area contributed by atoms with Crippen LogP contribution >= 0.6 is 0 Å². The molecule has 4 rings (SSSR count). The first-order valence-electron chi connectivity index (χ1n) is 7.91. The third-order valence-corrected chi connectivity index (χ3v) is 5.62. The molecule has 0 aliphatic heterocycles. The predicted molar refractivity (Wildman–Crippen MR) is 88.5 cm³/mol. The molecule has 0 aromatic carbocycles. The molecular formula is C15H16N6O3S. The summed E-state index contributed by atoms with van der Waals surface area (Å²) in [6.07, 6.45) is 5.83. The minimum Gasteiger partial charge on any atom is -0.310 e. The predicted octanol–water partition coefficient (Wildman–Crippen LogP) is 0.559. The van der Waals surface area contributed by atoms with Gasteiger partial charge in [-0.25, -0.2) is 27.6 Å². The maximum Gasteiger partial charge on any atom is 0.260 e. The molecule has 25 heavy (non-hydrogen) atoms. The number of H-pyrrole nitrogens is 1. The largest absolute Gasteiger partial charge is 0.310 e. The van der Waals surface area contributed by atoms with Crippen LogP contribution in [0.1, 0.15) is 36.7 Å². The van der Waals surface area contributed by atoms with Crippen LogP contribution in [0.25, 0.3) is 5.65 Å². The van der Waals surface area contributed by atoms with E-state index in [2.05, 4.69) is 24.8 Å². The van der Waals surface area contributed by atoms with Crippen molar-refractivity contribution in [2.45, 2.75) is 36.8 Å². The number of fused-ring (bicyclic) bond motifs is 1. The second-order valence-corrected chi connectivity index (χ2v) is 7.68. The van der Waals surface area contributed by atoms with Crippen LogP contribution in [0.2, 0.25) is 0 Å². The van der Waals surface area contributed by atoms with E-state index >= 15 is 0 Å². The molecule has 0 amide bonds. The Balaban J connectivity index is 1.58. The highest BCUT2D eigenvalue weighted by atomic mass is 32.2. The van der Waals surface area contributed by atoms with Gasteiger partial charge in [0.1, 0.15) is 5.82 Å². The van der Waals surface area contributed by atoms with Crippen molar-refractivity contribution in [2.75, 3.05) is 0 Å². The summed E-state index contributed by atoms with van der Waals surface area (Å²) >= 11 is 0. The summed E-state index contributed by atoms with van der Waals surface area (Å²) < 4.78 is 28.8. The second kappa shape index (κ2) is 6.05. The Labute approximate surface area is 143 Å². The molecule has 130 valence electrons. The quantitative estimate of drug-likeness (QED) is 0.685. The molecule has 2 N–H and O–H groups in total. The van der Waals surface area contributed by atoms with E-state index in [9.17, 15) is 13.2 Å². The Morgan fingerprint density at radius 3 is 2.96 bits per heavy atom. The van der Waals surface area contributed by atoms with Crippen molar-refractivity contribution in [1.29, 1.82) is 0 Å². The van der Waals surface area contributed by atoms with E-state index in [-0.39, 0.29) is 23.0 Å². The number of aromatic amines is 1. The fourth-order valence-electron chi connectivity index (χ4n) is 2.73. The number of nitrogens with zero attached hydrogens (tertiary/aromatic N) is 4. The van der Waals surface area contributed by atoms with Gasteiger partial charge in [-0.2, -0.15) is 5.10 Å². The third-order valence-electron chi connectivity index (χ3n) is 4.27. The smallest absolute Gasteiger partial charge is 0.260 e. The van der Waals surface area contributed by atoms with Crippen LogP contribution in [-0.4, -0.2) is 33.0 Å². The summed E-state index contributed by atoms with van der Waals surface area (Å²) in [6.45, 7) is -0.0773. The van der Waals surface area contributed by atoms with Gasteiger partial charge in [0, 0.05) is 18.2 Å². The van der Waals surface area contributed by atoms with Crippen molar-refractivity contribution in [3.8, 4) is 0 Å². The lowest BCUT2D eigenvalue weighted by molar-refractivity contribution is 0.399. The molecule has 0 unspecified atom stereocenters. The van der Waals surface area contributed by atoms with Crippen molar-refractivity contribution in [3.63, 3.8) is 0 Å². The molecule has 3 aromatic rings. The molecule has 3 aromatic heterocycles. The van der Waals surface area contributed by atoms with Crippen LogP contribution in [0.3, 0.4) is 0 Å². The second-order valence-electron chi connectivity index (χ2n) is 5.96. The summed E-state index contributed by atoms with van der Waals surface area (Å²) in [6, 6.07) is 4.64. The van der Waals surface area contributed by atoms with Gasteiger partial charge in [-0.3, -0.25) is 4.79 Å². The molecule has 1 aliphatic carbocycles. The standard InChI is InChI=1S/C15H16N6O3S/c22-13-7-11(19-15(20-13)10-3-1-4-10)8-18-25(23,24)14-9-16-12-5-2-6-17-21(12)14/h2,5-7,9-10,18H,1,3-4,8H2,(H,19,20,22). The van der Waals surface area contributed by atoms with Gasteiger partial charge in [0.2, 0.25) is 0 Å². The minimum absolute atomic E-state index is 0.0628. The maximum atomic E-state index is 12.5. The zero-order valence-corrected chi connectivity index (χ0v) is 14.0. The van der Waals surface area contributed by atoms with E-state index in [1.807, 2.05) is 0 Å². The summed E-state index contributed by atoms with van der Waals surface area (Å²) in [5.41, 5.74) is 0.544. The average Bonchev–Trinajstić information content (AvgIpc) is 2.96. The Bertz CT molecular complexity index is 1080. The number of sulfonamides is 1. The van der Waals surface area contributed by atoms with E-state index in [0.29, 0.717) is 17.2 Å². The van der Waals surface area contributed by atoms with Crippen molar-refractivity contribution < 1.29 is 8.42 Å². The molecule has 10 heteroatoms. The van der Waals surface area contributed by atoms with E-state index in [1.54, 1.807) is 12.1 Å². The van der Waals surface area contributed by atoms with Crippen LogP contribution in [0.15, 0.2) is 40.4 Å². The van der Waals surface area contributed by atoms with Crippen LogP contribution < -0.4 is 10.3 Å². The molecular weight excluding hydrogens is 344 g/mol. The number of nitrogens with one attached hydrogen (secondary N) is 2. The van der Waals surface area contributed by atoms with Crippen molar-refractivity contribution in [3.05, 3.63) is 52.5 Å². The lowest BCUT2D eigenvalue weighted by Gasteiger charge is -2.24. The topological polar surface area (TPSA) is 122 Å². The van der Waals surface area contributed by atoms with Gasteiger partial charge >= 0.3 is 0 Å².